The highest BCUT2D eigenvalue weighted by Crippen LogP contribution is 2.24. The lowest BCUT2D eigenvalue weighted by molar-refractivity contribution is -0.128. The lowest BCUT2D eigenvalue weighted by Crippen LogP contribution is -2.54. The minimum absolute atomic E-state index is 0.0855. The summed E-state index contributed by atoms with van der Waals surface area (Å²) in [7, 11) is 0. The van der Waals surface area contributed by atoms with Crippen LogP contribution in [-0.4, -0.2) is 51.7 Å². The van der Waals surface area contributed by atoms with E-state index in [9.17, 15) is 24.3 Å². The topological polar surface area (TPSA) is 156 Å². The maximum atomic E-state index is 12.8. The van der Waals surface area contributed by atoms with Crippen LogP contribution in [0.1, 0.15) is 57.6 Å². The molecule has 4 N–H and O–H groups in total. The third-order valence-electron chi connectivity index (χ3n) is 5.88. The Hall–Kier alpha value is -4.67. The summed E-state index contributed by atoms with van der Waals surface area (Å²) in [6.07, 6.45) is -0.719. The van der Waals surface area contributed by atoms with Gasteiger partial charge in [0, 0.05) is 11.1 Å². The van der Waals surface area contributed by atoms with Gasteiger partial charge in [-0.2, -0.15) is 0 Å². The van der Waals surface area contributed by atoms with E-state index in [-0.39, 0.29) is 24.0 Å². The van der Waals surface area contributed by atoms with E-state index >= 15 is 0 Å². The van der Waals surface area contributed by atoms with E-state index in [1.165, 1.54) is 6.92 Å². The van der Waals surface area contributed by atoms with Gasteiger partial charge in [0.15, 0.2) is 11.4 Å². The second-order valence-corrected chi connectivity index (χ2v) is 10.9. The van der Waals surface area contributed by atoms with Gasteiger partial charge >= 0.3 is 12.1 Å². The molecule has 3 amide bonds. The van der Waals surface area contributed by atoms with Gasteiger partial charge in [-0.25, -0.2) is 14.6 Å². The number of nitrogens with one attached hydrogen (secondary N) is 3. The second kappa shape index (κ2) is 13.1. The molecule has 0 bridgehead atoms. The third-order valence-corrected chi connectivity index (χ3v) is 5.88. The molecule has 3 rings (SSSR count). The Morgan fingerprint density at radius 1 is 0.927 bits per heavy atom. The number of fused-ring (bicyclic) bond motifs is 1. The normalized spacial score (nSPS) is 12.8. The van der Waals surface area contributed by atoms with Crippen LogP contribution < -0.4 is 20.7 Å². The molecule has 0 saturated carbocycles. The van der Waals surface area contributed by atoms with Crippen LogP contribution in [-0.2, 0) is 20.9 Å². The van der Waals surface area contributed by atoms with Crippen molar-refractivity contribution in [2.75, 3.05) is 5.32 Å². The van der Waals surface area contributed by atoms with E-state index in [0.29, 0.717) is 11.2 Å². The summed E-state index contributed by atoms with van der Waals surface area (Å²) in [5.41, 5.74) is 0.894. The smallest absolute Gasteiger partial charge is 0.408 e. The first-order valence-corrected chi connectivity index (χ1v) is 13.2. The number of carbonyl (C=O) groups is 4. The van der Waals surface area contributed by atoms with Crippen LogP contribution in [0.2, 0.25) is 0 Å². The van der Waals surface area contributed by atoms with E-state index < -0.39 is 41.6 Å². The van der Waals surface area contributed by atoms with Crippen molar-refractivity contribution in [3.05, 3.63) is 65.9 Å². The number of carboxylic acids is 1. The number of carbonyl (C=O) groups excluding carboxylic acids is 3. The fourth-order valence-electron chi connectivity index (χ4n) is 3.79. The number of nitrogens with zero attached hydrogens (tertiary/aromatic N) is 1. The van der Waals surface area contributed by atoms with Crippen LogP contribution in [0.4, 0.5) is 10.5 Å². The molecule has 0 aliphatic carbocycles. The molecule has 2 aromatic carbocycles. The van der Waals surface area contributed by atoms with Crippen LogP contribution in [0, 0.1) is 5.92 Å². The Bertz CT molecular complexity index is 1410. The Morgan fingerprint density at radius 2 is 1.59 bits per heavy atom. The molecule has 11 heteroatoms. The second-order valence-electron chi connectivity index (χ2n) is 10.9. The molecular formula is C30H36N4O7. The number of carboxylic acid groups (broad SMARTS) is 1. The summed E-state index contributed by atoms with van der Waals surface area (Å²) in [5, 5.41) is 18.2. The zero-order valence-corrected chi connectivity index (χ0v) is 24.0. The molecule has 0 spiro atoms. The molecule has 0 aliphatic rings. The Labute approximate surface area is 238 Å². The number of amides is 3. The fourth-order valence-corrected chi connectivity index (χ4v) is 3.79. The van der Waals surface area contributed by atoms with Gasteiger partial charge in [-0.15, -0.1) is 0 Å². The van der Waals surface area contributed by atoms with E-state index in [2.05, 4.69) is 20.9 Å². The maximum absolute atomic E-state index is 12.8. The monoisotopic (exact) mass is 564 g/mol. The van der Waals surface area contributed by atoms with Crippen molar-refractivity contribution in [2.45, 2.75) is 65.8 Å². The highest BCUT2D eigenvalue weighted by Gasteiger charge is 2.29. The summed E-state index contributed by atoms with van der Waals surface area (Å²) >= 11 is 0. The molecule has 0 unspecified atom stereocenters. The average Bonchev–Trinajstić information content (AvgIpc) is 2.89. The van der Waals surface area contributed by atoms with Crippen molar-refractivity contribution in [1.82, 2.24) is 15.6 Å². The molecule has 218 valence electrons. The number of ether oxygens (including phenoxy) is 2. The molecular weight excluding hydrogens is 528 g/mol. The zero-order chi connectivity index (χ0) is 30.3. The highest BCUT2D eigenvalue weighted by molar-refractivity contribution is 5.98. The standard InChI is InChI=1S/C30H36N4O7/c1-17(2)24(34-29(39)41-30(4,5)6)27(36)31-18(3)26(35)32-21-13-11-19(12-14-21)16-40-23-15-20-9-7-8-10-22(20)33-25(23)28(37)38/h7-15,17-18,24H,16H2,1-6H3,(H,31,36)(H,32,35)(H,34,39)(H,37,38)/t18-,24-/m0/s1. The number of rotatable bonds is 10. The van der Waals surface area contributed by atoms with Gasteiger partial charge in [-0.05, 0) is 63.4 Å². The first-order chi connectivity index (χ1) is 19.2. The van der Waals surface area contributed by atoms with Crippen molar-refractivity contribution in [2.24, 2.45) is 5.92 Å². The van der Waals surface area contributed by atoms with Gasteiger partial charge in [0.05, 0.1) is 5.52 Å². The summed E-state index contributed by atoms with van der Waals surface area (Å²) < 4.78 is 11.0. The van der Waals surface area contributed by atoms with Crippen LogP contribution in [0.3, 0.4) is 0 Å². The first kappa shape index (κ1) is 30.9. The van der Waals surface area contributed by atoms with Crippen LogP contribution in [0.15, 0.2) is 54.6 Å². The molecule has 11 nitrogen and oxygen atoms in total. The molecule has 0 radical (unpaired) electrons. The van der Waals surface area contributed by atoms with Gasteiger partial charge in [0.1, 0.15) is 24.3 Å². The molecule has 1 heterocycles. The molecule has 0 aliphatic heterocycles. The Kier molecular flexibility index (Phi) is 9.88. The zero-order valence-electron chi connectivity index (χ0n) is 24.0. The lowest BCUT2D eigenvalue weighted by Gasteiger charge is -2.26. The van der Waals surface area contributed by atoms with Crippen molar-refractivity contribution in [3.8, 4) is 5.75 Å². The van der Waals surface area contributed by atoms with Crippen LogP contribution in [0.25, 0.3) is 10.9 Å². The number of para-hydroxylation sites is 1. The van der Waals surface area contributed by atoms with Crippen molar-refractivity contribution < 1.29 is 33.8 Å². The summed E-state index contributed by atoms with van der Waals surface area (Å²) in [6.45, 7) is 10.3. The number of aromatic carboxylic acids is 1. The molecule has 41 heavy (non-hydrogen) atoms. The van der Waals surface area contributed by atoms with E-state index in [0.717, 1.165) is 10.9 Å². The number of alkyl carbamates (subject to hydrolysis) is 1. The number of benzene rings is 2. The van der Waals surface area contributed by atoms with Crippen molar-refractivity contribution >= 4 is 40.5 Å². The number of pyridine rings is 1. The average molecular weight is 565 g/mol. The fraction of sp³-hybridized carbons (Fsp3) is 0.367. The first-order valence-electron chi connectivity index (χ1n) is 13.2. The highest BCUT2D eigenvalue weighted by atomic mass is 16.6. The molecule has 2 atom stereocenters. The molecule has 0 fully saturated rings. The van der Waals surface area contributed by atoms with E-state index in [4.69, 9.17) is 9.47 Å². The van der Waals surface area contributed by atoms with Gasteiger partial charge in [-0.3, -0.25) is 9.59 Å². The van der Waals surface area contributed by atoms with Gasteiger partial charge in [0.2, 0.25) is 11.8 Å². The van der Waals surface area contributed by atoms with Crippen LogP contribution in [0.5, 0.6) is 5.75 Å². The summed E-state index contributed by atoms with van der Waals surface area (Å²) in [4.78, 5) is 53.6. The minimum Gasteiger partial charge on any atom is -0.486 e. The van der Waals surface area contributed by atoms with Crippen LogP contribution >= 0.6 is 0 Å². The lowest BCUT2D eigenvalue weighted by atomic mass is 10.0. The van der Waals surface area contributed by atoms with Crippen molar-refractivity contribution in [3.63, 3.8) is 0 Å². The third kappa shape index (κ3) is 8.92. The summed E-state index contributed by atoms with van der Waals surface area (Å²) in [6, 6.07) is 13.8. The van der Waals surface area contributed by atoms with E-state index in [1.807, 2.05) is 12.1 Å². The molecule has 0 saturated heterocycles. The van der Waals surface area contributed by atoms with E-state index in [1.54, 1.807) is 77.1 Å². The number of hydrogen-bond acceptors (Lipinski definition) is 7. The summed E-state index contributed by atoms with van der Waals surface area (Å²) in [5.74, 6) is -2.24. The van der Waals surface area contributed by atoms with Crippen molar-refractivity contribution in [1.29, 1.82) is 0 Å². The molecule has 1 aromatic heterocycles. The SMILES string of the molecule is CC(C)[C@H](NC(=O)OC(C)(C)C)C(=O)N[C@@H](C)C(=O)Nc1ccc(COc2cc3ccccc3nc2C(=O)O)cc1. The predicted molar refractivity (Wildman–Crippen MR) is 154 cm³/mol. The molecule has 3 aromatic rings. The quantitative estimate of drug-likeness (QED) is 0.280. The Balaban J connectivity index is 1.57. The van der Waals surface area contributed by atoms with Gasteiger partial charge in [0.25, 0.3) is 0 Å². The van der Waals surface area contributed by atoms with Gasteiger partial charge < -0.3 is 30.5 Å². The number of hydrogen-bond donors (Lipinski definition) is 4. The van der Waals surface area contributed by atoms with Gasteiger partial charge in [-0.1, -0.05) is 44.2 Å². The Morgan fingerprint density at radius 3 is 2.20 bits per heavy atom. The number of anilines is 1. The minimum atomic E-state index is -1.19. The number of aromatic nitrogens is 1. The predicted octanol–water partition coefficient (Wildman–Crippen LogP) is 4.50. The largest absolute Gasteiger partial charge is 0.486 e. The maximum Gasteiger partial charge on any atom is 0.408 e.